The Kier molecular flexibility index (Phi) is 5.54. The van der Waals surface area contributed by atoms with E-state index < -0.39 is 0 Å². The van der Waals surface area contributed by atoms with Crippen molar-refractivity contribution in [2.45, 2.75) is 32.1 Å². The van der Waals surface area contributed by atoms with Crippen LogP contribution >= 0.6 is 12.6 Å². The average molecular weight is 225 g/mol. The average Bonchev–Trinajstić information content (AvgIpc) is 2.68. The summed E-state index contributed by atoms with van der Waals surface area (Å²) in [4.78, 5) is 4.41. The molecule has 15 heavy (non-hydrogen) atoms. The molecule has 0 bridgehead atoms. The van der Waals surface area contributed by atoms with E-state index in [1.54, 1.807) is 6.08 Å². The van der Waals surface area contributed by atoms with Crippen molar-refractivity contribution in [3.05, 3.63) is 23.4 Å². The number of rotatable bonds is 6. The molecule has 0 N–H and O–H groups in total. The number of aliphatic imine (C=N–C) groups is 1. The van der Waals surface area contributed by atoms with Crippen molar-refractivity contribution in [3.63, 3.8) is 0 Å². The summed E-state index contributed by atoms with van der Waals surface area (Å²) in [6.45, 7) is 7.81. The Balaban J connectivity index is 2.22. The standard InChI is InChI=1S/C12H19NOS/c1-10(15)9-12(13-2)14-8-7-11-5-3-4-6-11/h9,11,15H,1-8H2/b12-9+. The Hall–Kier alpha value is -0.700. The first-order valence-electron chi connectivity index (χ1n) is 5.41. The molecule has 0 atom stereocenters. The quantitative estimate of drug-likeness (QED) is 0.317. The van der Waals surface area contributed by atoms with Gasteiger partial charge in [0.15, 0.2) is 0 Å². The van der Waals surface area contributed by atoms with Gasteiger partial charge in [0.2, 0.25) is 5.88 Å². The lowest BCUT2D eigenvalue weighted by Gasteiger charge is -2.10. The third-order valence-corrected chi connectivity index (χ3v) is 2.83. The van der Waals surface area contributed by atoms with Gasteiger partial charge in [0.25, 0.3) is 0 Å². The van der Waals surface area contributed by atoms with Gasteiger partial charge in [0.1, 0.15) is 0 Å². The third kappa shape index (κ3) is 5.07. The maximum atomic E-state index is 5.49. The molecule has 0 aliphatic heterocycles. The van der Waals surface area contributed by atoms with E-state index in [4.69, 9.17) is 4.74 Å². The number of nitrogens with zero attached hydrogens (tertiary/aromatic N) is 1. The van der Waals surface area contributed by atoms with Gasteiger partial charge in [-0.2, -0.15) is 0 Å². The number of hydrogen-bond acceptors (Lipinski definition) is 3. The minimum atomic E-state index is 0.521. The highest BCUT2D eigenvalue weighted by molar-refractivity contribution is 7.84. The van der Waals surface area contributed by atoms with Crippen LogP contribution in [0.1, 0.15) is 32.1 Å². The normalized spacial score (nSPS) is 17.8. The van der Waals surface area contributed by atoms with E-state index in [0.29, 0.717) is 10.8 Å². The molecule has 2 nitrogen and oxygen atoms in total. The zero-order chi connectivity index (χ0) is 11.1. The number of ether oxygens (including phenoxy) is 1. The molecule has 0 heterocycles. The van der Waals surface area contributed by atoms with Gasteiger partial charge in [0.05, 0.1) is 6.61 Å². The summed E-state index contributed by atoms with van der Waals surface area (Å²) in [5.74, 6) is 1.36. The molecule has 1 aliphatic carbocycles. The van der Waals surface area contributed by atoms with Crippen molar-refractivity contribution in [2.75, 3.05) is 6.61 Å². The lowest BCUT2D eigenvalue weighted by atomic mass is 10.1. The highest BCUT2D eigenvalue weighted by Crippen LogP contribution is 2.27. The predicted molar refractivity (Wildman–Crippen MR) is 68.3 cm³/mol. The first-order chi connectivity index (χ1) is 7.22. The van der Waals surface area contributed by atoms with Crippen molar-refractivity contribution < 1.29 is 4.74 Å². The van der Waals surface area contributed by atoms with Gasteiger partial charge in [-0.15, -0.1) is 12.6 Å². The molecule has 0 saturated heterocycles. The lowest BCUT2D eigenvalue weighted by molar-refractivity contribution is 0.189. The van der Waals surface area contributed by atoms with Gasteiger partial charge in [-0.3, -0.25) is 0 Å². The second kappa shape index (κ2) is 6.72. The molecule has 1 aliphatic rings. The molecule has 0 unspecified atom stereocenters. The second-order valence-electron chi connectivity index (χ2n) is 3.92. The topological polar surface area (TPSA) is 21.6 Å². The van der Waals surface area contributed by atoms with Crippen LogP contribution in [0.15, 0.2) is 28.4 Å². The van der Waals surface area contributed by atoms with Crippen LogP contribution in [0, 0.1) is 5.92 Å². The molecule has 0 aromatic heterocycles. The fourth-order valence-corrected chi connectivity index (χ4v) is 2.02. The molecule has 1 fully saturated rings. The molecule has 0 spiro atoms. The fourth-order valence-electron chi connectivity index (χ4n) is 1.90. The third-order valence-electron chi connectivity index (χ3n) is 2.70. The summed E-state index contributed by atoms with van der Waals surface area (Å²) < 4.78 is 5.49. The van der Waals surface area contributed by atoms with Crippen LogP contribution in [0.3, 0.4) is 0 Å². The Morgan fingerprint density at radius 3 is 2.67 bits per heavy atom. The van der Waals surface area contributed by atoms with Crippen LogP contribution in [0.25, 0.3) is 0 Å². The van der Waals surface area contributed by atoms with E-state index in [-0.39, 0.29) is 0 Å². The van der Waals surface area contributed by atoms with E-state index >= 15 is 0 Å². The highest BCUT2D eigenvalue weighted by atomic mass is 32.1. The van der Waals surface area contributed by atoms with Gasteiger partial charge in [-0.25, -0.2) is 4.99 Å². The van der Waals surface area contributed by atoms with Crippen molar-refractivity contribution in [3.8, 4) is 0 Å². The van der Waals surface area contributed by atoms with Crippen LogP contribution in [0.2, 0.25) is 0 Å². The van der Waals surface area contributed by atoms with E-state index in [2.05, 4.69) is 30.9 Å². The molecule has 1 rings (SSSR count). The smallest absolute Gasteiger partial charge is 0.213 e. The summed E-state index contributed by atoms with van der Waals surface area (Å²) >= 11 is 4.06. The minimum Gasteiger partial charge on any atom is -0.478 e. The monoisotopic (exact) mass is 225 g/mol. The van der Waals surface area contributed by atoms with Gasteiger partial charge in [-0.1, -0.05) is 32.3 Å². The molecule has 3 heteroatoms. The van der Waals surface area contributed by atoms with Crippen LogP contribution in [-0.2, 0) is 4.74 Å². The predicted octanol–water partition coefficient (Wildman–Crippen LogP) is 3.57. The van der Waals surface area contributed by atoms with E-state index in [1.807, 2.05) is 0 Å². The van der Waals surface area contributed by atoms with Gasteiger partial charge >= 0.3 is 0 Å². The summed E-state index contributed by atoms with van der Waals surface area (Å²) in [5.41, 5.74) is 0. The summed E-state index contributed by atoms with van der Waals surface area (Å²) in [6, 6.07) is 0. The first-order valence-corrected chi connectivity index (χ1v) is 5.86. The van der Waals surface area contributed by atoms with Crippen LogP contribution in [0.4, 0.5) is 0 Å². The van der Waals surface area contributed by atoms with Gasteiger partial charge in [0, 0.05) is 11.0 Å². The Bertz CT molecular complexity index is 254. The molecule has 0 radical (unpaired) electrons. The fraction of sp³-hybridized carbons (Fsp3) is 0.583. The number of allylic oxidation sites excluding steroid dienone is 1. The minimum absolute atomic E-state index is 0.521. The number of thiol groups is 1. The molecule has 0 aromatic carbocycles. The summed E-state index contributed by atoms with van der Waals surface area (Å²) in [7, 11) is 0. The molecule has 0 amide bonds. The van der Waals surface area contributed by atoms with Crippen LogP contribution in [-0.4, -0.2) is 13.3 Å². The zero-order valence-electron chi connectivity index (χ0n) is 9.11. The zero-order valence-corrected chi connectivity index (χ0v) is 10.0. The molecular formula is C12H19NOS. The molecule has 0 aromatic rings. The maximum absolute atomic E-state index is 5.49. The molecule has 1 saturated carbocycles. The van der Waals surface area contributed by atoms with Gasteiger partial charge in [-0.05, 0) is 19.1 Å². The second-order valence-corrected chi connectivity index (χ2v) is 4.49. The maximum Gasteiger partial charge on any atom is 0.213 e. The van der Waals surface area contributed by atoms with Crippen molar-refractivity contribution in [1.29, 1.82) is 0 Å². The molecular weight excluding hydrogens is 206 g/mol. The van der Waals surface area contributed by atoms with Crippen molar-refractivity contribution in [1.82, 2.24) is 0 Å². The Morgan fingerprint density at radius 2 is 2.13 bits per heavy atom. The lowest BCUT2D eigenvalue weighted by Crippen LogP contribution is -2.00. The Labute approximate surface area is 97.5 Å². The SMILES string of the molecule is C=N/C(=C\C(=C)S)OCCC1CCCC1. The van der Waals surface area contributed by atoms with E-state index in [1.165, 1.54) is 25.7 Å². The van der Waals surface area contributed by atoms with E-state index in [9.17, 15) is 0 Å². The van der Waals surface area contributed by atoms with Crippen molar-refractivity contribution in [2.24, 2.45) is 10.9 Å². The first kappa shape index (κ1) is 12.4. The number of hydrogen-bond donors (Lipinski definition) is 1. The van der Waals surface area contributed by atoms with Crippen molar-refractivity contribution >= 4 is 19.3 Å². The summed E-state index contributed by atoms with van der Waals surface area (Å²) in [6.07, 6.45) is 8.25. The summed E-state index contributed by atoms with van der Waals surface area (Å²) in [5, 5.41) is 0. The Morgan fingerprint density at radius 1 is 1.47 bits per heavy atom. The van der Waals surface area contributed by atoms with Crippen LogP contribution < -0.4 is 0 Å². The van der Waals surface area contributed by atoms with Crippen LogP contribution in [0.5, 0.6) is 0 Å². The largest absolute Gasteiger partial charge is 0.478 e. The van der Waals surface area contributed by atoms with E-state index in [0.717, 1.165) is 18.9 Å². The molecule has 84 valence electrons. The highest BCUT2D eigenvalue weighted by Gasteiger charge is 2.14. The van der Waals surface area contributed by atoms with Gasteiger partial charge < -0.3 is 4.74 Å².